The van der Waals surface area contributed by atoms with Gasteiger partial charge >= 0.3 is 0 Å². The Morgan fingerprint density at radius 2 is 1.91 bits per heavy atom. The summed E-state index contributed by atoms with van der Waals surface area (Å²) in [6, 6.07) is 7.12. The fourth-order valence-electron chi connectivity index (χ4n) is 2.18. The number of nitrogens with zero attached hydrogens (tertiary/aromatic N) is 1. The third-order valence-corrected chi connectivity index (χ3v) is 4.40. The highest BCUT2D eigenvalue weighted by atomic mass is 35.5. The molecule has 1 atom stereocenters. The molecular weight excluding hydrogens is 338 g/mol. The number of aromatic nitrogens is 1. The van der Waals surface area contributed by atoms with Crippen LogP contribution in [0.25, 0.3) is 0 Å². The monoisotopic (exact) mass is 353 g/mol. The first-order chi connectivity index (χ1) is 10.9. The predicted molar refractivity (Wildman–Crippen MR) is 89.0 cm³/mol. The smallest absolute Gasteiger partial charge is 0.286 e. The molecule has 23 heavy (non-hydrogen) atoms. The first kappa shape index (κ1) is 17.4. The Hall–Kier alpha value is -1.96. The lowest BCUT2D eigenvalue weighted by Gasteiger charge is -2.20. The SMILES string of the molecule is CC(C)C(C(=O)Nc1ncc(C(=O)NO)s1)c1ccc(Cl)cc1. The van der Waals surface area contributed by atoms with Crippen LogP contribution in [0.5, 0.6) is 0 Å². The van der Waals surface area contributed by atoms with E-state index >= 15 is 0 Å². The number of benzene rings is 1. The van der Waals surface area contributed by atoms with E-state index in [0.717, 1.165) is 16.9 Å². The molecule has 0 bridgehead atoms. The largest absolute Gasteiger partial charge is 0.301 e. The lowest BCUT2D eigenvalue weighted by Crippen LogP contribution is -2.25. The molecule has 3 N–H and O–H groups in total. The number of hydroxylamine groups is 1. The summed E-state index contributed by atoms with van der Waals surface area (Å²) in [6.45, 7) is 3.90. The number of carbonyl (C=O) groups is 2. The molecule has 2 rings (SSSR count). The summed E-state index contributed by atoms with van der Waals surface area (Å²) in [5.41, 5.74) is 2.38. The Labute approximate surface area is 142 Å². The molecule has 0 aliphatic rings. The maximum atomic E-state index is 12.6. The normalized spacial score (nSPS) is 12.0. The first-order valence-corrected chi connectivity index (χ1v) is 8.08. The Morgan fingerprint density at radius 3 is 2.48 bits per heavy atom. The van der Waals surface area contributed by atoms with Gasteiger partial charge in [0.15, 0.2) is 5.13 Å². The summed E-state index contributed by atoms with van der Waals surface area (Å²) in [7, 11) is 0. The van der Waals surface area contributed by atoms with Gasteiger partial charge in [0.2, 0.25) is 5.91 Å². The van der Waals surface area contributed by atoms with Crippen LogP contribution in [0.4, 0.5) is 5.13 Å². The fourth-order valence-corrected chi connectivity index (χ4v) is 3.02. The molecule has 1 aromatic carbocycles. The van der Waals surface area contributed by atoms with E-state index in [1.54, 1.807) is 12.1 Å². The molecule has 122 valence electrons. The third-order valence-electron chi connectivity index (χ3n) is 3.24. The average Bonchev–Trinajstić information content (AvgIpc) is 2.96. The standard InChI is InChI=1S/C15H16ClN3O3S/c1-8(2)12(9-3-5-10(16)6-4-9)14(21)18-15-17-7-11(23-15)13(20)19-22/h3-8,12,22H,1-2H3,(H,19,20)(H,17,18,21). The summed E-state index contributed by atoms with van der Waals surface area (Å²) in [4.78, 5) is 28.0. The minimum Gasteiger partial charge on any atom is -0.301 e. The van der Waals surface area contributed by atoms with Crippen molar-refractivity contribution in [2.75, 3.05) is 5.32 Å². The summed E-state index contributed by atoms with van der Waals surface area (Å²) < 4.78 is 0. The number of halogens is 1. The van der Waals surface area contributed by atoms with Crippen molar-refractivity contribution in [3.8, 4) is 0 Å². The zero-order valence-corrected chi connectivity index (χ0v) is 14.1. The summed E-state index contributed by atoms with van der Waals surface area (Å²) in [5, 5.41) is 12.2. The topological polar surface area (TPSA) is 91.3 Å². The van der Waals surface area contributed by atoms with E-state index in [1.807, 2.05) is 26.0 Å². The fraction of sp³-hybridized carbons (Fsp3) is 0.267. The number of hydrogen-bond acceptors (Lipinski definition) is 5. The van der Waals surface area contributed by atoms with Gasteiger partial charge in [-0.25, -0.2) is 10.5 Å². The second-order valence-corrected chi connectivity index (χ2v) is 6.70. The maximum absolute atomic E-state index is 12.6. The molecule has 0 aliphatic carbocycles. The molecule has 0 spiro atoms. The van der Waals surface area contributed by atoms with Crippen LogP contribution in [0.2, 0.25) is 5.02 Å². The van der Waals surface area contributed by atoms with Gasteiger partial charge in [0.25, 0.3) is 5.91 Å². The zero-order valence-electron chi connectivity index (χ0n) is 12.5. The minimum absolute atomic E-state index is 0.0661. The first-order valence-electron chi connectivity index (χ1n) is 6.89. The van der Waals surface area contributed by atoms with Gasteiger partial charge in [-0.3, -0.25) is 14.8 Å². The van der Waals surface area contributed by atoms with Crippen molar-refractivity contribution in [2.24, 2.45) is 5.92 Å². The van der Waals surface area contributed by atoms with Gasteiger partial charge in [0.05, 0.1) is 12.1 Å². The highest BCUT2D eigenvalue weighted by molar-refractivity contribution is 7.17. The summed E-state index contributed by atoms with van der Waals surface area (Å²) >= 11 is 6.87. The number of amides is 2. The van der Waals surface area contributed by atoms with Crippen LogP contribution in [-0.2, 0) is 4.79 Å². The van der Waals surface area contributed by atoms with Gasteiger partial charge in [-0.2, -0.15) is 0 Å². The van der Waals surface area contributed by atoms with Crippen LogP contribution in [0, 0.1) is 5.92 Å². The second kappa shape index (κ2) is 7.54. The van der Waals surface area contributed by atoms with Crippen molar-refractivity contribution in [3.05, 3.63) is 45.9 Å². The van der Waals surface area contributed by atoms with Crippen LogP contribution >= 0.6 is 22.9 Å². The van der Waals surface area contributed by atoms with Crippen LogP contribution in [0.15, 0.2) is 30.5 Å². The number of carbonyl (C=O) groups excluding carboxylic acids is 2. The third kappa shape index (κ3) is 4.28. The molecule has 0 radical (unpaired) electrons. The van der Waals surface area contributed by atoms with E-state index in [4.69, 9.17) is 16.8 Å². The molecule has 0 saturated carbocycles. The van der Waals surface area contributed by atoms with Crippen LogP contribution in [-0.4, -0.2) is 22.0 Å². The van der Waals surface area contributed by atoms with E-state index < -0.39 is 5.91 Å². The Bertz CT molecular complexity index is 700. The number of nitrogens with one attached hydrogen (secondary N) is 2. The molecule has 1 aromatic heterocycles. The van der Waals surface area contributed by atoms with E-state index in [2.05, 4.69) is 10.3 Å². The molecule has 0 aliphatic heterocycles. The minimum atomic E-state index is -0.666. The van der Waals surface area contributed by atoms with Crippen LogP contribution < -0.4 is 10.8 Å². The average molecular weight is 354 g/mol. The van der Waals surface area contributed by atoms with E-state index in [-0.39, 0.29) is 22.6 Å². The Balaban J connectivity index is 2.17. The van der Waals surface area contributed by atoms with Crippen molar-refractivity contribution < 1.29 is 14.8 Å². The van der Waals surface area contributed by atoms with Gasteiger partial charge in [-0.05, 0) is 23.6 Å². The molecule has 8 heteroatoms. The lowest BCUT2D eigenvalue weighted by atomic mass is 9.88. The van der Waals surface area contributed by atoms with Crippen LogP contribution in [0.1, 0.15) is 35.0 Å². The summed E-state index contributed by atoms with van der Waals surface area (Å²) in [5.74, 6) is -1.18. The van der Waals surface area contributed by atoms with Crippen molar-refractivity contribution >= 4 is 39.9 Å². The van der Waals surface area contributed by atoms with Crippen molar-refractivity contribution in [2.45, 2.75) is 19.8 Å². The van der Waals surface area contributed by atoms with Gasteiger partial charge in [-0.1, -0.05) is 48.9 Å². The van der Waals surface area contributed by atoms with Gasteiger partial charge < -0.3 is 5.32 Å². The lowest BCUT2D eigenvalue weighted by molar-refractivity contribution is -0.118. The van der Waals surface area contributed by atoms with E-state index in [1.165, 1.54) is 11.7 Å². The van der Waals surface area contributed by atoms with Gasteiger partial charge in [-0.15, -0.1) is 0 Å². The molecule has 1 heterocycles. The quantitative estimate of drug-likeness (QED) is 0.568. The molecule has 0 fully saturated rings. The van der Waals surface area contributed by atoms with Gasteiger partial charge in [0, 0.05) is 5.02 Å². The highest BCUT2D eigenvalue weighted by Gasteiger charge is 2.25. The molecule has 6 nitrogen and oxygen atoms in total. The maximum Gasteiger partial charge on any atom is 0.286 e. The number of anilines is 1. The number of hydrogen-bond donors (Lipinski definition) is 3. The van der Waals surface area contributed by atoms with Crippen molar-refractivity contribution in [1.82, 2.24) is 10.5 Å². The van der Waals surface area contributed by atoms with E-state index in [0.29, 0.717) is 10.2 Å². The van der Waals surface area contributed by atoms with E-state index in [9.17, 15) is 9.59 Å². The Kier molecular flexibility index (Phi) is 5.70. The number of thiazole rings is 1. The zero-order chi connectivity index (χ0) is 17.0. The highest BCUT2D eigenvalue weighted by Crippen LogP contribution is 2.28. The Morgan fingerprint density at radius 1 is 1.26 bits per heavy atom. The molecular formula is C15H16ClN3O3S. The summed E-state index contributed by atoms with van der Waals surface area (Å²) in [6.07, 6.45) is 1.29. The molecule has 2 amide bonds. The predicted octanol–water partition coefficient (Wildman–Crippen LogP) is 3.29. The van der Waals surface area contributed by atoms with Crippen LogP contribution in [0.3, 0.4) is 0 Å². The molecule has 2 aromatic rings. The molecule has 0 saturated heterocycles. The van der Waals surface area contributed by atoms with Crippen molar-refractivity contribution in [1.29, 1.82) is 0 Å². The number of rotatable bonds is 5. The second-order valence-electron chi connectivity index (χ2n) is 5.23. The van der Waals surface area contributed by atoms with Crippen molar-refractivity contribution in [3.63, 3.8) is 0 Å². The molecule has 1 unspecified atom stereocenters. The van der Waals surface area contributed by atoms with Gasteiger partial charge in [0.1, 0.15) is 4.88 Å².